The standard InChI is InChI=1S/C19H20N2S/c1-13(2)15-7-9-16(10-8-15)18-12-22-19(21-18)17-5-3-14(11-20)4-6-17/h3-10,12-13H,11,20H2,1-2H3. The van der Waals surface area contributed by atoms with Gasteiger partial charge in [0.1, 0.15) is 5.01 Å². The predicted octanol–water partition coefficient (Wildman–Crippen LogP) is 5.06. The number of aromatic nitrogens is 1. The number of thiazole rings is 1. The third kappa shape index (κ3) is 3.11. The first-order valence-corrected chi connectivity index (χ1v) is 8.40. The van der Waals surface area contributed by atoms with Crippen molar-refractivity contribution in [3.8, 4) is 21.8 Å². The van der Waals surface area contributed by atoms with Crippen LogP contribution in [0.4, 0.5) is 0 Å². The Bertz CT molecular complexity index is 740. The summed E-state index contributed by atoms with van der Waals surface area (Å²) in [6.45, 7) is 4.99. The minimum absolute atomic E-state index is 0.557. The average molecular weight is 308 g/mol. The Kier molecular flexibility index (Phi) is 4.36. The van der Waals surface area contributed by atoms with Gasteiger partial charge in [-0.2, -0.15) is 0 Å². The molecule has 0 spiro atoms. The molecule has 0 aliphatic heterocycles. The molecule has 0 saturated heterocycles. The van der Waals surface area contributed by atoms with Crippen LogP contribution in [0.25, 0.3) is 21.8 Å². The summed E-state index contributed by atoms with van der Waals surface area (Å²) in [5.41, 5.74) is 11.5. The highest BCUT2D eigenvalue weighted by atomic mass is 32.1. The molecule has 3 aromatic rings. The van der Waals surface area contributed by atoms with Crippen LogP contribution in [-0.4, -0.2) is 4.98 Å². The number of hydrogen-bond acceptors (Lipinski definition) is 3. The Morgan fingerprint density at radius 1 is 0.955 bits per heavy atom. The van der Waals surface area contributed by atoms with Crippen LogP contribution in [0.1, 0.15) is 30.9 Å². The lowest BCUT2D eigenvalue weighted by atomic mass is 10.0. The SMILES string of the molecule is CC(C)c1ccc(-c2csc(-c3ccc(CN)cc3)n2)cc1. The van der Waals surface area contributed by atoms with Gasteiger partial charge in [-0.05, 0) is 17.0 Å². The molecule has 2 N–H and O–H groups in total. The normalized spacial score (nSPS) is 11.1. The Morgan fingerprint density at radius 3 is 2.18 bits per heavy atom. The molecule has 0 bridgehead atoms. The Hall–Kier alpha value is -1.97. The van der Waals surface area contributed by atoms with E-state index in [1.165, 1.54) is 11.1 Å². The Morgan fingerprint density at radius 2 is 1.59 bits per heavy atom. The van der Waals surface area contributed by atoms with Gasteiger partial charge in [-0.1, -0.05) is 62.4 Å². The van der Waals surface area contributed by atoms with Crippen molar-refractivity contribution < 1.29 is 0 Å². The topological polar surface area (TPSA) is 38.9 Å². The van der Waals surface area contributed by atoms with Gasteiger partial charge in [0, 0.05) is 23.1 Å². The quantitative estimate of drug-likeness (QED) is 0.731. The van der Waals surface area contributed by atoms with E-state index in [1.54, 1.807) is 11.3 Å². The fourth-order valence-electron chi connectivity index (χ4n) is 2.36. The average Bonchev–Trinajstić information content (AvgIpc) is 3.05. The monoisotopic (exact) mass is 308 g/mol. The first-order chi connectivity index (χ1) is 10.7. The molecule has 0 amide bonds. The molecule has 2 nitrogen and oxygen atoms in total. The summed E-state index contributed by atoms with van der Waals surface area (Å²) < 4.78 is 0. The van der Waals surface area contributed by atoms with Gasteiger partial charge in [-0.3, -0.25) is 0 Å². The maximum absolute atomic E-state index is 5.64. The minimum Gasteiger partial charge on any atom is -0.326 e. The summed E-state index contributed by atoms with van der Waals surface area (Å²) in [4.78, 5) is 4.77. The van der Waals surface area contributed by atoms with Crippen molar-refractivity contribution in [2.75, 3.05) is 0 Å². The molecular formula is C19H20N2S. The second kappa shape index (κ2) is 6.42. The summed E-state index contributed by atoms with van der Waals surface area (Å²) in [7, 11) is 0. The fraction of sp³-hybridized carbons (Fsp3) is 0.211. The van der Waals surface area contributed by atoms with Crippen molar-refractivity contribution in [2.24, 2.45) is 5.73 Å². The minimum atomic E-state index is 0.557. The second-order valence-corrected chi connectivity index (χ2v) is 6.57. The first kappa shape index (κ1) is 14.9. The van der Waals surface area contributed by atoms with Crippen LogP contribution in [0.2, 0.25) is 0 Å². The summed E-state index contributed by atoms with van der Waals surface area (Å²) in [5, 5.41) is 3.17. The van der Waals surface area contributed by atoms with Crippen LogP contribution >= 0.6 is 11.3 Å². The number of nitrogens with zero attached hydrogens (tertiary/aromatic N) is 1. The molecule has 3 heteroatoms. The van der Waals surface area contributed by atoms with Crippen LogP contribution < -0.4 is 5.73 Å². The van der Waals surface area contributed by atoms with Crippen molar-refractivity contribution in [2.45, 2.75) is 26.3 Å². The highest BCUT2D eigenvalue weighted by Crippen LogP contribution is 2.29. The Labute approximate surface area is 135 Å². The highest BCUT2D eigenvalue weighted by Gasteiger charge is 2.07. The molecule has 3 rings (SSSR count). The molecule has 112 valence electrons. The van der Waals surface area contributed by atoms with Gasteiger partial charge in [0.05, 0.1) is 5.69 Å². The molecule has 0 unspecified atom stereocenters. The molecule has 0 radical (unpaired) electrons. The maximum Gasteiger partial charge on any atom is 0.124 e. The van der Waals surface area contributed by atoms with Crippen LogP contribution in [-0.2, 0) is 6.54 Å². The lowest BCUT2D eigenvalue weighted by Gasteiger charge is -2.05. The molecular weight excluding hydrogens is 288 g/mol. The highest BCUT2D eigenvalue weighted by molar-refractivity contribution is 7.13. The van der Waals surface area contributed by atoms with Crippen molar-refractivity contribution in [3.05, 3.63) is 65.0 Å². The van der Waals surface area contributed by atoms with Crippen molar-refractivity contribution in [1.82, 2.24) is 4.98 Å². The smallest absolute Gasteiger partial charge is 0.124 e. The lowest BCUT2D eigenvalue weighted by molar-refractivity contribution is 0.867. The van der Waals surface area contributed by atoms with Crippen LogP contribution in [0, 0.1) is 0 Å². The van der Waals surface area contributed by atoms with Gasteiger partial charge in [0.15, 0.2) is 0 Å². The predicted molar refractivity (Wildman–Crippen MR) is 95.0 cm³/mol. The van der Waals surface area contributed by atoms with E-state index in [1.807, 2.05) is 0 Å². The second-order valence-electron chi connectivity index (χ2n) is 5.72. The molecule has 22 heavy (non-hydrogen) atoms. The largest absolute Gasteiger partial charge is 0.326 e. The van der Waals surface area contributed by atoms with Gasteiger partial charge in [-0.15, -0.1) is 11.3 Å². The molecule has 0 aliphatic carbocycles. The van der Waals surface area contributed by atoms with Crippen LogP contribution in [0.5, 0.6) is 0 Å². The van der Waals surface area contributed by atoms with E-state index in [4.69, 9.17) is 10.7 Å². The fourth-order valence-corrected chi connectivity index (χ4v) is 3.20. The van der Waals surface area contributed by atoms with E-state index < -0.39 is 0 Å². The number of nitrogens with two attached hydrogens (primary N) is 1. The number of rotatable bonds is 4. The molecule has 1 heterocycles. The summed E-state index contributed by atoms with van der Waals surface area (Å²) in [5.74, 6) is 0.557. The van der Waals surface area contributed by atoms with Crippen molar-refractivity contribution >= 4 is 11.3 Å². The van der Waals surface area contributed by atoms with Crippen molar-refractivity contribution in [3.63, 3.8) is 0 Å². The molecule has 0 atom stereocenters. The van der Waals surface area contributed by atoms with Gasteiger partial charge >= 0.3 is 0 Å². The zero-order valence-electron chi connectivity index (χ0n) is 12.9. The third-order valence-corrected chi connectivity index (χ3v) is 4.71. The van der Waals surface area contributed by atoms with Gasteiger partial charge < -0.3 is 5.73 Å². The van der Waals surface area contributed by atoms with E-state index >= 15 is 0 Å². The zero-order chi connectivity index (χ0) is 15.5. The van der Waals surface area contributed by atoms with Gasteiger partial charge in [-0.25, -0.2) is 4.98 Å². The molecule has 1 aromatic heterocycles. The summed E-state index contributed by atoms with van der Waals surface area (Å²) in [6, 6.07) is 17.0. The number of benzene rings is 2. The maximum atomic E-state index is 5.64. The van der Waals surface area contributed by atoms with Crippen LogP contribution in [0.3, 0.4) is 0 Å². The van der Waals surface area contributed by atoms with E-state index in [9.17, 15) is 0 Å². The molecule has 0 fully saturated rings. The van der Waals surface area contributed by atoms with Gasteiger partial charge in [0.25, 0.3) is 0 Å². The first-order valence-electron chi connectivity index (χ1n) is 7.52. The van der Waals surface area contributed by atoms with Crippen LogP contribution in [0.15, 0.2) is 53.9 Å². The third-order valence-electron chi connectivity index (χ3n) is 3.81. The van der Waals surface area contributed by atoms with Crippen molar-refractivity contribution in [1.29, 1.82) is 0 Å². The zero-order valence-corrected chi connectivity index (χ0v) is 13.7. The van der Waals surface area contributed by atoms with E-state index in [-0.39, 0.29) is 0 Å². The Balaban J connectivity index is 1.86. The molecule has 0 aliphatic rings. The van der Waals surface area contributed by atoms with E-state index in [0.717, 1.165) is 21.8 Å². The number of hydrogen-bond donors (Lipinski definition) is 1. The molecule has 0 saturated carbocycles. The van der Waals surface area contributed by atoms with E-state index in [0.29, 0.717) is 12.5 Å². The molecule has 2 aromatic carbocycles. The summed E-state index contributed by atoms with van der Waals surface area (Å²) in [6.07, 6.45) is 0. The van der Waals surface area contributed by atoms with E-state index in [2.05, 4.69) is 67.8 Å². The summed E-state index contributed by atoms with van der Waals surface area (Å²) >= 11 is 1.68. The van der Waals surface area contributed by atoms with Gasteiger partial charge in [0.2, 0.25) is 0 Å². The lowest BCUT2D eigenvalue weighted by Crippen LogP contribution is -1.95.